The van der Waals surface area contributed by atoms with Gasteiger partial charge in [-0.25, -0.2) is 9.78 Å². The van der Waals surface area contributed by atoms with Crippen LogP contribution in [0, 0.1) is 5.41 Å². The van der Waals surface area contributed by atoms with Crippen molar-refractivity contribution >= 4 is 41.1 Å². The molecule has 4 aromatic carbocycles. The van der Waals surface area contributed by atoms with Crippen LogP contribution in [0.25, 0.3) is 11.3 Å². The maximum Gasteiger partial charge on any atom is 0.315 e. The van der Waals surface area contributed by atoms with Crippen LogP contribution in [-0.4, -0.2) is 29.3 Å². The number of urea groups is 1. The normalized spacial score (nSPS) is 11.1. The van der Waals surface area contributed by atoms with Gasteiger partial charge in [-0.2, -0.15) is 0 Å². The maximum absolute atomic E-state index is 13.3. The molecule has 0 aliphatic carbocycles. The van der Waals surface area contributed by atoms with E-state index in [0.29, 0.717) is 63.7 Å². The highest BCUT2D eigenvalue weighted by Crippen LogP contribution is 2.31. The van der Waals surface area contributed by atoms with Gasteiger partial charge in [0.15, 0.2) is 0 Å². The largest absolute Gasteiger partial charge is 0.489 e. The maximum atomic E-state index is 13.3. The van der Waals surface area contributed by atoms with Crippen LogP contribution in [0.15, 0.2) is 97.1 Å². The molecule has 238 valence electrons. The van der Waals surface area contributed by atoms with Gasteiger partial charge >= 0.3 is 6.03 Å². The second kappa shape index (κ2) is 17.0. The summed E-state index contributed by atoms with van der Waals surface area (Å²) >= 11 is 12.9. The van der Waals surface area contributed by atoms with E-state index in [0.717, 1.165) is 16.7 Å². The fourth-order valence-electron chi connectivity index (χ4n) is 4.76. The fourth-order valence-corrected chi connectivity index (χ4v) is 5.20. The van der Waals surface area contributed by atoms with Crippen LogP contribution in [0.2, 0.25) is 10.2 Å². The van der Waals surface area contributed by atoms with E-state index in [1.54, 1.807) is 30.3 Å². The molecule has 9 nitrogen and oxygen atoms in total. The summed E-state index contributed by atoms with van der Waals surface area (Å²) in [5, 5.41) is 14.4. The molecule has 0 spiro atoms. The third-order valence-electron chi connectivity index (χ3n) is 7.09. The number of imidazole rings is 1. The number of H-pyrrole nitrogens is 1. The molecule has 0 aliphatic rings. The van der Waals surface area contributed by atoms with Gasteiger partial charge < -0.3 is 37.2 Å². The summed E-state index contributed by atoms with van der Waals surface area (Å²) in [7, 11) is 1.50. The Bertz CT molecular complexity index is 1730. The first-order valence-electron chi connectivity index (χ1n) is 14.7. The van der Waals surface area contributed by atoms with Gasteiger partial charge in [-0.05, 0) is 55.3 Å². The summed E-state index contributed by atoms with van der Waals surface area (Å²) in [4.78, 5) is 21.2. The Morgan fingerprint density at radius 3 is 2.35 bits per heavy atom. The quantitative estimate of drug-likeness (QED) is 0.0614. The first-order valence-corrected chi connectivity index (χ1v) is 15.4. The number of amides is 2. The monoisotopic (exact) mass is 657 g/mol. The second-order valence-electron chi connectivity index (χ2n) is 10.2. The zero-order valence-corrected chi connectivity index (χ0v) is 26.9. The van der Waals surface area contributed by atoms with Crippen LogP contribution in [0.3, 0.4) is 0 Å². The number of aryl methyl sites for hydroxylation is 1. The van der Waals surface area contributed by atoms with Crippen molar-refractivity contribution < 1.29 is 9.53 Å². The molecule has 1 atom stereocenters. The minimum atomic E-state index is -0.479. The molecule has 46 heavy (non-hydrogen) atoms. The van der Waals surface area contributed by atoms with Crippen molar-refractivity contribution in [1.29, 1.82) is 5.41 Å². The van der Waals surface area contributed by atoms with E-state index in [2.05, 4.69) is 21.4 Å². The molecule has 0 radical (unpaired) electrons. The zero-order chi connectivity index (χ0) is 32.9. The van der Waals surface area contributed by atoms with E-state index in [9.17, 15) is 4.79 Å². The van der Waals surface area contributed by atoms with Crippen molar-refractivity contribution in [2.45, 2.75) is 32.0 Å². The lowest BCUT2D eigenvalue weighted by molar-refractivity contribution is 0.235. The number of nitrogens with one attached hydrogen (secondary N) is 4. The van der Waals surface area contributed by atoms with Crippen LogP contribution >= 0.6 is 23.2 Å². The van der Waals surface area contributed by atoms with E-state index in [4.69, 9.17) is 44.1 Å². The Labute approximate surface area is 278 Å². The van der Waals surface area contributed by atoms with Crippen LogP contribution in [0.1, 0.15) is 40.5 Å². The minimum absolute atomic E-state index is 0.199. The van der Waals surface area contributed by atoms with Gasteiger partial charge in [0.05, 0.1) is 6.04 Å². The molecule has 2 amide bonds. The van der Waals surface area contributed by atoms with Crippen LogP contribution in [0.5, 0.6) is 5.75 Å². The molecule has 0 saturated carbocycles. The van der Waals surface area contributed by atoms with Crippen molar-refractivity contribution in [2.24, 2.45) is 5.73 Å². The van der Waals surface area contributed by atoms with Gasteiger partial charge in [-0.1, -0.05) is 96.0 Å². The fraction of sp³-hybridized carbons (Fsp3) is 0.171. The van der Waals surface area contributed by atoms with Crippen molar-refractivity contribution in [2.75, 3.05) is 12.8 Å². The molecule has 1 aromatic heterocycles. The van der Waals surface area contributed by atoms with E-state index >= 15 is 0 Å². The summed E-state index contributed by atoms with van der Waals surface area (Å²) in [6.07, 6.45) is 2.46. The molecule has 8 N–H and O–H groups in total. The average Bonchev–Trinajstić information content (AvgIpc) is 3.48. The summed E-state index contributed by atoms with van der Waals surface area (Å²) in [5.41, 5.74) is 15.8. The Kier molecular flexibility index (Phi) is 12.6. The first kappa shape index (κ1) is 34.1. The number of benzene rings is 4. The van der Waals surface area contributed by atoms with Gasteiger partial charge in [0, 0.05) is 40.2 Å². The molecule has 0 fully saturated rings. The van der Waals surface area contributed by atoms with Crippen LogP contribution in [0.4, 0.5) is 10.5 Å². The number of hydrogen-bond donors (Lipinski definition) is 6. The van der Waals surface area contributed by atoms with E-state index in [-0.39, 0.29) is 12.6 Å². The molecular weight excluding hydrogens is 621 g/mol. The number of nitrogen functional groups attached to an aromatic ring is 1. The molecule has 0 saturated heterocycles. The number of halogens is 2. The molecule has 0 unspecified atom stereocenters. The average molecular weight is 659 g/mol. The standard InChI is InChI=1S/C34H32Cl2N6O2.CH5N/c35-27-14-16-30(44-21-23-9-5-2-6-10-23)26(17-27)20-39-34(43)40-29(15-11-22-7-3-1-4-8-22)33-41-31(32(36)42-33)24-12-13-25(19-37)28(38)18-24;1-2/h1-10,12-14,16-19,29,37H,11,15,20-21,38H2,(H,41,42)(H2,39,40,43);2H2,1H3/t29-;/m0./s1. The lowest BCUT2D eigenvalue weighted by Gasteiger charge is -2.18. The van der Waals surface area contributed by atoms with Crippen LogP contribution in [-0.2, 0) is 19.6 Å². The van der Waals surface area contributed by atoms with E-state index in [1.165, 1.54) is 13.3 Å². The minimum Gasteiger partial charge on any atom is -0.489 e. The molecule has 5 aromatic rings. The number of aromatic nitrogens is 2. The molecular formula is C35H37Cl2N7O2. The number of ether oxygens (including phenoxy) is 1. The lowest BCUT2D eigenvalue weighted by Crippen LogP contribution is -2.38. The number of carbonyl (C=O) groups is 1. The highest BCUT2D eigenvalue weighted by Gasteiger charge is 2.22. The van der Waals surface area contributed by atoms with Gasteiger partial charge in [-0.3, -0.25) is 0 Å². The van der Waals surface area contributed by atoms with Crippen molar-refractivity contribution in [3.63, 3.8) is 0 Å². The topological polar surface area (TPSA) is 155 Å². The molecule has 11 heteroatoms. The molecule has 1 heterocycles. The number of nitrogens with two attached hydrogens (primary N) is 2. The number of carbonyl (C=O) groups excluding carboxylic acids is 1. The lowest BCUT2D eigenvalue weighted by atomic mass is 10.0. The molecule has 5 rings (SSSR count). The highest BCUT2D eigenvalue weighted by molar-refractivity contribution is 6.32. The molecule has 0 aliphatic heterocycles. The third kappa shape index (κ3) is 9.34. The Morgan fingerprint density at radius 1 is 0.978 bits per heavy atom. The van der Waals surface area contributed by atoms with Crippen LogP contribution < -0.4 is 26.8 Å². The zero-order valence-electron chi connectivity index (χ0n) is 25.4. The molecule has 0 bridgehead atoms. The van der Waals surface area contributed by atoms with Gasteiger partial charge in [0.1, 0.15) is 29.0 Å². The van der Waals surface area contributed by atoms with Crippen molar-refractivity contribution in [3.05, 3.63) is 135 Å². The Balaban J connectivity index is 0.00000235. The summed E-state index contributed by atoms with van der Waals surface area (Å²) < 4.78 is 6.05. The van der Waals surface area contributed by atoms with Gasteiger partial charge in [0.25, 0.3) is 0 Å². The highest BCUT2D eigenvalue weighted by atomic mass is 35.5. The second-order valence-corrected chi connectivity index (χ2v) is 11.0. The van der Waals surface area contributed by atoms with E-state index in [1.807, 2.05) is 66.7 Å². The number of hydrogen-bond acceptors (Lipinski definition) is 6. The first-order chi connectivity index (χ1) is 22.4. The van der Waals surface area contributed by atoms with Gasteiger partial charge in [0.2, 0.25) is 0 Å². The Morgan fingerprint density at radius 2 is 1.67 bits per heavy atom. The smallest absolute Gasteiger partial charge is 0.315 e. The van der Waals surface area contributed by atoms with Crippen molar-refractivity contribution in [3.8, 4) is 17.0 Å². The predicted octanol–water partition coefficient (Wildman–Crippen LogP) is 7.29. The Hall–Kier alpha value is -4.83. The number of anilines is 1. The number of aromatic amines is 1. The summed E-state index contributed by atoms with van der Waals surface area (Å²) in [6.45, 7) is 0.589. The number of nitrogens with zero attached hydrogens (tertiary/aromatic N) is 1. The summed E-state index contributed by atoms with van der Waals surface area (Å²) in [6, 6.07) is 29.6. The van der Waals surface area contributed by atoms with Crippen molar-refractivity contribution in [1.82, 2.24) is 20.6 Å². The summed E-state index contributed by atoms with van der Waals surface area (Å²) in [5.74, 6) is 1.15. The number of rotatable bonds is 12. The third-order valence-corrected chi connectivity index (χ3v) is 7.60. The van der Waals surface area contributed by atoms with E-state index < -0.39 is 6.04 Å². The van der Waals surface area contributed by atoms with Gasteiger partial charge in [-0.15, -0.1) is 0 Å². The predicted molar refractivity (Wildman–Crippen MR) is 187 cm³/mol. The SMILES string of the molecule is CN.N=Cc1ccc(-c2nc([C@H](CCc3ccccc3)NC(=O)NCc3cc(Cl)ccc3OCc3ccccc3)[nH]c2Cl)cc1N.